The van der Waals surface area contributed by atoms with Gasteiger partial charge in [-0.25, -0.2) is 9.67 Å². The van der Waals surface area contributed by atoms with E-state index < -0.39 is 11.6 Å². The van der Waals surface area contributed by atoms with Crippen LogP contribution in [0.4, 0.5) is 5.69 Å². The first kappa shape index (κ1) is 24.5. The minimum Gasteiger partial charge on any atom is -0.481 e. The van der Waals surface area contributed by atoms with Crippen molar-refractivity contribution < 1.29 is 19.5 Å². The Morgan fingerprint density at radius 3 is 2.56 bits per heavy atom. The molecule has 4 N–H and O–H groups in total. The van der Waals surface area contributed by atoms with Crippen molar-refractivity contribution in [2.24, 2.45) is 5.92 Å². The number of nitrogens with one attached hydrogen (secondary N) is 3. The topological polar surface area (TPSA) is 130 Å². The molecule has 1 amide bonds. The number of rotatable bonds is 6. The van der Waals surface area contributed by atoms with Crippen molar-refractivity contribution in [3.05, 3.63) is 23.5 Å². The molecule has 0 saturated heterocycles. The number of hydrogen-bond donors (Lipinski definition) is 4. The van der Waals surface area contributed by atoms with Gasteiger partial charge in [0.15, 0.2) is 5.65 Å². The van der Waals surface area contributed by atoms with Crippen LogP contribution in [0.2, 0.25) is 0 Å². The van der Waals surface area contributed by atoms with E-state index in [-0.39, 0.29) is 23.9 Å². The molecule has 0 aromatic carbocycles. The van der Waals surface area contributed by atoms with E-state index in [2.05, 4.69) is 29.1 Å². The van der Waals surface area contributed by atoms with Crippen molar-refractivity contribution in [2.45, 2.75) is 96.4 Å². The van der Waals surface area contributed by atoms with Crippen LogP contribution in [0.5, 0.6) is 0 Å². The monoisotopic (exact) mass is 496 g/mol. The van der Waals surface area contributed by atoms with Gasteiger partial charge in [-0.05, 0) is 71.3 Å². The van der Waals surface area contributed by atoms with Gasteiger partial charge in [-0.3, -0.25) is 19.9 Å². The maximum atomic E-state index is 11.5. The van der Waals surface area contributed by atoms with Crippen LogP contribution in [-0.4, -0.2) is 49.4 Å². The van der Waals surface area contributed by atoms with Crippen molar-refractivity contribution in [2.75, 3.05) is 5.32 Å². The minimum absolute atomic E-state index is 0.00752. The molecule has 2 aromatic rings. The van der Waals surface area contributed by atoms with Gasteiger partial charge in [0.05, 0.1) is 28.4 Å². The van der Waals surface area contributed by atoms with Crippen LogP contribution in [0.1, 0.15) is 76.5 Å². The zero-order chi connectivity index (χ0) is 25.4. The van der Waals surface area contributed by atoms with Crippen molar-refractivity contribution in [1.29, 1.82) is 0 Å². The Morgan fingerprint density at radius 2 is 1.92 bits per heavy atom. The fourth-order valence-corrected chi connectivity index (χ4v) is 5.98. The fourth-order valence-electron chi connectivity index (χ4n) is 5.98. The third-order valence-electron chi connectivity index (χ3n) is 7.96. The zero-order valence-electron chi connectivity index (χ0n) is 21.3. The molecule has 2 aliphatic carbocycles. The van der Waals surface area contributed by atoms with E-state index in [4.69, 9.17) is 14.9 Å². The van der Waals surface area contributed by atoms with Gasteiger partial charge in [0, 0.05) is 37.3 Å². The number of fused-ring (bicyclic) bond motifs is 1. The predicted molar refractivity (Wildman–Crippen MR) is 136 cm³/mol. The molecule has 10 heteroatoms. The van der Waals surface area contributed by atoms with Gasteiger partial charge < -0.3 is 15.7 Å². The average Bonchev–Trinajstić information content (AvgIpc) is 3.42. The summed E-state index contributed by atoms with van der Waals surface area (Å²) >= 11 is 0. The number of hydroxylamine groups is 1. The van der Waals surface area contributed by atoms with E-state index in [9.17, 15) is 14.7 Å². The zero-order valence-corrected chi connectivity index (χ0v) is 21.3. The lowest BCUT2D eigenvalue weighted by Crippen LogP contribution is -2.42. The molecule has 3 aliphatic rings. The van der Waals surface area contributed by atoms with Gasteiger partial charge in [0.1, 0.15) is 5.60 Å². The highest BCUT2D eigenvalue weighted by Gasteiger charge is 2.40. The largest absolute Gasteiger partial charge is 0.481 e. The smallest absolute Gasteiger partial charge is 0.306 e. The number of hydrogen-bond acceptors (Lipinski definition) is 7. The van der Waals surface area contributed by atoms with Crippen molar-refractivity contribution in [3.63, 3.8) is 0 Å². The van der Waals surface area contributed by atoms with Gasteiger partial charge in [-0.15, -0.1) is 0 Å². The molecule has 2 saturated carbocycles. The third-order valence-corrected chi connectivity index (χ3v) is 7.96. The predicted octanol–water partition coefficient (Wildman–Crippen LogP) is 3.51. The Kier molecular flexibility index (Phi) is 6.63. The van der Waals surface area contributed by atoms with Gasteiger partial charge in [-0.1, -0.05) is 0 Å². The molecule has 0 bridgehead atoms. The number of carbonyl (C=O) groups excluding carboxylic acids is 1. The third kappa shape index (κ3) is 4.66. The molecule has 0 atom stereocenters. The number of nitrogens with zero attached hydrogens (tertiary/aromatic N) is 3. The van der Waals surface area contributed by atoms with Gasteiger partial charge in [-0.2, -0.15) is 5.10 Å². The lowest BCUT2D eigenvalue weighted by atomic mass is 9.81. The van der Waals surface area contributed by atoms with Crippen molar-refractivity contribution in [1.82, 2.24) is 25.6 Å². The van der Waals surface area contributed by atoms with Crippen molar-refractivity contribution in [3.8, 4) is 0 Å². The van der Waals surface area contributed by atoms with Crippen LogP contribution < -0.4 is 16.1 Å². The number of anilines is 1. The Balaban J connectivity index is 1.45. The molecule has 36 heavy (non-hydrogen) atoms. The first-order chi connectivity index (χ1) is 17.3. The summed E-state index contributed by atoms with van der Waals surface area (Å²) in [5.41, 5.74) is 7.32. The Hall–Kier alpha value is -3.14. The first-order valence-electron chi connectivity index (χ1n) is 13.1. The van der Waals surface area contributed by atoms with Crippen molar-refractivity contribution >= 4 is 34.3 Å². The number of pyridine rings is 1. The number of carbonyl (C=O) groups is 2. The molecule has 0 radical (unpaired) electrons. The second-order valence-corrected chi connectivity index (χ2v) is 10.5. The van der Waals surface area contributed by atoms with Gasteiger partial charge in [0.2, 0.25) is 5.91 Å². The molecule has 2 aromatic heterocycles. The van der Waals surface area contributed by atoms with Crippen LogP contribution >= 0.6 is 0 Å². The lowest BCUT2D eigenvalue weighted by Gasteiger charge is -2.34. The fraction of sp³-hybridized carbons (Fsp3) is 0.615. The molecule has 5 rings (SSSR count). The summed E-state index contributed by atoms with van der Waals surface area (Å²) in [6, 6.07) is 0.368. The summed E-state index contributed by atoms with van der Waals surface area (Å²) in [6.45, 7) is 6.34. The van der Waals surface area contributed by atoms with E-state index in [1.54, 1.807) is 6.92 Å². The highest BCUT2D eigenvalue weighted by atomic mass is 16.7. The standard InChI is InChI=1S/C26H36N6O4/c1-4-32-24-22(15(2)30-32)23(29-18-7-5-17(6-8-18)25(34)35)20(14-27-24)21-13-26(36-31-21)11-9-19(10-12-26)28-16(3)33/h13-14,17-19,31H,4-12H2,1-3H3,(H,27,29)(H,28,33)(H,34,35). The average molecular weight is 497 g/mol. The summed E-state index contributed by atoms with van der Waals surface area (Å²) in [4.78, 5) is 33.8. The summed E-state index contributed by atoms with van der Waals surface area (Å²) in [5.74, 6) is -0.950. The molecule has 2 fully saturated rings. The number of carboxylic acid groups (broad SMARTS) is 1. The summed E-state index contributed by atoms with van der Waals surface area (Å²) in [6.07, 6.45) is 10.4. The van der Waals surface area contributed by atoms with Gasteiger partial charge in [0.25, 0.3) is 0 Å². The summed E-state index contributed by atoms with van der Waals surface area (Å²) in [7, 11) is 0. The lowest BCUT2D eigenvalue weighted by molar-refractivity contribution is -0.142. The maximum Gasteiger partial charge on any atom is 0.306 e. The van der Waals surface area contributed by atoms with Crippen LogP contribution in [-0.2, 0) is 21.0 Å². The summed E-state index contributed by atoms with van der Waals surface area (Å²) < 4.78 is 1.92. The minimum atomic E-state index is -0.698. The Labute approximate surface area is 210 Å². The molecule has 194 valence electrons. The normalized spacial score (nSPS) is 28.1. The highest BCUT2D eigenvalue weighted by molar-refractivity contribution is 5.97. The second kappa shape index (κ2) is 9.72. The first-order valence-corrected chi connectivity index (χ1v) is 13.1. The highest BCUT2D eigenvalue weighted by Crippen LogP contribution is 2.41. The Morgan fingerprint density at radius 1 is 1.19 bits per heavy atom. The molecular formula is C26H36N6O4. The molecule has 1 aliphatic heterocycles. The number of amides is 1. The SMILES string of the molecule is CCn1nc(C)c2c(NC3CCC(C(=O)O)CC3)c(C3=CC4(CCC(NC(C)=O)CC4)ON3)cnc21. The van der Waals surface area contributed by atoms with E-state index in [1.807, 2.05) is 17.8 Å². The molecule has 0 unspecified atom stereocenters. The molecular weight excluding hydrogens is 460 g/mol. The summed E-state index contributed by atoms with van der Waals surface area (Å²) in [5, 5.41) is 21.9. The van der Waals surface area contributed by atoms with E-state index >= 15 is 0 Å². The van der Waals surface area contributed by atoms with Crippen LogP contribution in [0, 0.1) is 12.8 Å². The van der Waals surface area contributed by atoms with E-state index in [0.29, 0.717) is 12.8 Å². The quantitative estimate of drug-likeness (QED) is 0.478. The molecule has 3 heterocycles. The number of aryl methyl sites for hydroxylation is 2. The Bertz CT molecular complexity index is 1190. The van der Waals surface area contributed by atoms with Gasteiger partial charge >= 0.3 is 5.97 Å². The number of aliphatic carboxylic acids is 1. The number of carboxylic acids is 1. The molecule has 10 nitrogen and oxygen atoms in total. The molecule has 1 spiro atoms. The van der Waals surface area contributed by atoms with Crippen LogP contribution in [0.25, 0.3) is 16.7 Å². The maximum absolute atomic E-state index is 11.5. The van der Waals surface area contributed by atoms with E-state index in [1.165, 1.54) is 0 Å². The number of aromatic nitrogens is 3. The van der Waals surface area contributed by atoms with Crippen LogP contribution in [0.3, 0.4) is 0 Å². The van der Waals surface area contributed by atoms with E-state index in [0.717, 1.165) is 78.7 Å². The van der Waals surface area contributed by atoms with Crippen LogP contribution in [0.15, 0.2) is 12.3 Å². The second-order valence-electron chi connectivity index (χ2n) is 10.5.